The summed E-state index contributed by atoms with van der Waals surface area (Å²) >= 11 is 6.13. The fourth-order valence-corrected chi connectivity index (χ4v) is 4.88. The normalized spacial score (nSPS) is 24.1. The molecule has 2 fully saturated rings. The molecule has 0 aliphatic carbocycles. The zero-order valence-corrected chi connectivity index (χ0v) is 16.5. The van der Waals surface area contributed by atoms with Crippen LogP contribution in [0.2, 0.25) is 5.02 Å². The first kappa shape index (κ1) is 21.9. The van der Waals surface area contributed by atoms with Gasteiger partial charge in [-0.05, 0) is 60.4 Å². The molecule has 0 radical (unpaired) electrons. The van der Waals surface area contributed by atoms with Gasteiger partial charge in [0.05, 0.1) is 17.2 Å². The number of halogens is 8. The minimum absolute atomic E-state index is 0.0453. The van der Waals surface area contributed by atoms with Crippen LogP contribution < -0.4 is 0 Å². The number of hydrogen-bond donors (Lipinski definition) is 0. The molecular formula is C21H15ClF7NO. The summed E-state index contributed by atoms with van der Waals surface area (Å²) in [5.74, 6) is -2.17. The summed E-state index contributed by atoms with van der Waals surface area (Å²) in [6.45, 7) is 0. The third-order valence-corrected chi connectivity index (χ3v) is 6.28. The lowest BCUT2D eigenvalue weighted by Gasteiger charge is -2.27. The average Bonchev–Trinajstić information content (AvgIpc) is 3.21. The van der Waals surface area contributed by atoms with E-state index in [1.54, 1.807) is 0 Å². The molecule has 0 aromatic heterocycles. The molecule has 0 saturated carbocycles. The number of benzene rings is 2. The van der Waals surface area contributed by atoms with Gasteiger partial charge in [0.15, 0.2) is 0 Å². The minimum atomic E-state index is -4.75. The van der Waals surface area contributed by atoms with Crippen molar-refractivity contribution in [3.63, 3.8) is 0 Å². The van der Waals surface area contributed by atoms with E-state index in [0.29, 0.717) is 18.9 Å². The van der Waals surface area contributed by atoms with Crippen LogP contribution in [-0.4, -0.2) is 16.8 Å². The summed E-state index contributed by atoms with van der Waals surface area (Å²) in [6.07, 6.45) is -8.84. The largest absolute Gasteiger partial charge is 0.416 e. The van der Waals surface area contributed by atoms with Crippen molar-refractivity contribution in [2.24, 2.45) is 0 Å². The molecule has 10 heteroatoms. The first-order valence-electron chi connectivity index (χ1n) is 9.42. The Labute approximate surface area is 177 Å². The zero-order chi connectivity index (χ0) is 22.7. The Morgan fingerprint density at radius 1 is 0.903 bits per heavy atom. The van der Waals surface area contributed by atoms with Crippen LogP contribution >= 0.6 is 11.6 Å². The third-order valence-electron chi connectivity index (χ3n) is 5.93. The predicted molar refractivity (Wildman–Crippen MR) is 97.8 cm³/mol. The summed E-state index contributed by atoms with van der Waals surface area (Å²) in [5.41, 5.74) is -1.87. The number of fused-ring (bicyclic) bond motifs is 1. The molecule has 2 aromatic rings. The van der Waals surface area contributed by atoms with Crippen LogP contribution in [0.4, 0.5) is 30.7 Å². The molecule has 2 nitrogen and oxygen atoms in total. The lowest BCUT2D eigenvalue weighted by atomic mass is 9.89. The van der Waals surface area contributed by atoms with Gasteiger partial charge >= 0.3 is 12.4 Å². The summed E-state index contributed by atoms with van der Waals surface area (Å²) in [4.78, 5) is 14.1. The Balaban J connectivity index is 1.69. The molecule has 0 spiro atoms. The van der Waals surface area contributed by atoms with Crippen LogP contribution in [0, 0.1) is 5.82 Å². The Morgan fingerprint density at radius 3 is 2.23 bits per heavy atom. The molecule has 0 N–H and O–H groups in total. The molecule has 2 aliphatic heterocycles. The van der Waals surface area contributed by atoms with E-state index >= 15 is 0 Å². The molecule has 0 unspecified atom stereocenters. The van der Waals surface area contributed by atoms with Crippen molar-refractivity contribution in [2.45, 2.75) is 49.6 Å². The monoisotopic (exact) mass is 465 g/mol. The maximum Gasteiger partial charge on any atom is 0.416 e. The van der Waals surface area contributed by atoms with E-state index in [0.717, 1.165) is 30.3 Å². The Kier molecular flexibility index (Phi) is 5.23. The van der Waals surface area contributed by atoms with Gasteiger partial charge in [0.2, 0.25) is 5.91 Å². The quantitative estimate of drug-likeness (QED) is 0.450. The Bertz CT molecular complexity index is 1030. The van der Waals surface area contributed by atoms with E-state index in [1.165, 1.54) is 4.90 Å². The van der Waals surface area contributed by atoms with Crippen LogP contribution in [0.3, 0.4) is 0 Å². The van der Waals surface area contributed by atoms with Crippen molar-refractivity contribution in [3.8, 4) is 0 Å². The molecule has 2 aliphatic rings. The van der Waals surface area contributed by atoms with Gasteiger partial charge in [-0.15, -0.1) is 0 Å². The van der Waals surface area contributed by atoms with Crippen LogP contribution in [0.25, 0.3) is 0 Å². The summed E-state index contributed by atoms with van der Waals surface area (Å²) in [5, 5.41) is 0.0695. The smallest absolute Gasteiger partial charge is 0.332 e. The lowest BCUT2D eigenvalue weighted by Crippen LogP contribution is -2.31. The topological polar surface area (TPSA) is 20.3 Å². The minimum Gasteiger partial charge on any atom is -0.332 e. The lowest BCUT2D eigenvalue weighted by molar-refractivity contribution is -0.138. The highest BCUT2D eigenvalue weighted by Gasteiger charge is 2.49. The summed E-state index contributed by atoms with van der Waals surface area (Å²) in [6, 6.07) is 3.78. The third kappa shape index (κ3) is 4.00. The van der Waals surface area contributed by atoms with E-state index in [2.05, 4.69) is 0 Å². The average molecular weight is 466 g/mol. The number of carbonyl (C=O) groups excluding carboxylic acids is 1. The molecule has 166 valence electrons. The van der Waals surface area contributed by atoms with Gasteiger partial charge in [0.25, 0.3) is 0 Å². The molecule has 0 bridgehead atoms. The highest BCUT2D eigenvalue weighted by molar-refractivity contribution is 6.31. The van der Waals surface area contributed by atoms with Gasteiger partial charge in [0.1, 0.15) is 5.82 Å². The molecule has 2 aromatic carbocycles. The van der Waals surface area contributed by atoms with E-state index in [-0.39, 0.29) is 22.6 Å². The van der Waals surface area contributed by atoms with Gasteiger partial charge in [-0.3, -0.25) is 4.79 Å². The predicted octanol–water partition coefficient (Wildman–Crippen LogP) is 6.74. The Morgan fingerprint density at radius 2 is 1.58 bits per heavy atom. The summed E-state index contributed by atoms with van der Waals surface area (Å²) < 4.78 is 92.6. The molecule has 2 saturated heterocycles. The second-order valence-corrected chi connectivity index (χ2v) is 8.18. The van der Waals surface area contributed by atoms with Crippen LogP contribution in [0.1, 0.15) is 53.5 Å². The van der Waals surface area contributed by atoms with Crippen molar-refractivity contribution < 1.29 is 35.5 Å². The number of alkyl halides is 6. The van der Waals surface area contributed by atoms with E-state index in [4.69, 9.17) is 11.6 Å². The molecule has 4 rings (SSSR count). The fourth-order valence-electron chi connectivity index (χ4n) is 4.63. The van der Waals surface area contributed by atoms with Crippen molar-refractivity contribution >= 4 is 17.5 Å². The fraction of sp³-hybridized carbons (Fsp3) is 0.381. The number of rotatable bonds is 2. The zero-order valence-electron chi connectivity index (χ0n) is 15.7. The van der Waals surface area contributed by atoms with Crippen molar-refractivity contribution in [2.75, 3.05) is 0 Å². The molecule has 1 amide bonds. The standard InChI is InChI=1S/C21H15ClF7NO/c22-16-2-1-11(20(24,25)26)8-15(16)18-4-3-17-14(9-19(31)30(17)18)10-5-12(21(27,28)29)7-13(23)6-10/h1-2,5-8,14,17-18H,3-4,9H2/t14-,17+,18+/m1/s1. The van der Waals surface area contributed by atoms with Crippen LogP contribution in [0.5, 0.6) is 0 Å². The van der Waals surface area contributed by atoms with Crippen molar-refractivity contribution in [3.05, 3.63) is 69.5 Å². The number of carbonyl (C=O) groups is 1. The second-order valence-electron chi connectivity index (χ2n) is 7.78. The maximum atomic E-state index is 13.9. The molecule has 2 heterocycles. The van der Waals surface area contributed by atoms with E-state index in [9.17, 15) is 35.5 Å². The van der Waals surface area contributed by atoms with Crippen LogP contribution in [0.15, 0.2) is 36.4 Å². The van der Waals surface area contributed by atoms with Gasteiger partial charge in [-0.25, -0.2) is 4.39 Å². The van der Waals surface area contributed by atoms with E-state index < -0.39 is 53.2 Å². The van der Waals surface area contributed by atoms with Crippen molar-refractivity contribution in [1.82, 2.24) is 4.90 Å². The number of amides is 1. The van der Waals surface area contributed by atoms with Crippen molar-refractivity contribution in [1.29, 1.82) is 0 Å². The maximum absolute atomic E-state index is 13.9. The highest BCUT2D eigenvalue weighted by Crippen LogP contribution is 2.50. The highest BCUT2D eigenvalue weighted by atomic mass is 35.5. The SMILES string of the molecule is O=C1C[C@H](c2cc(F)cc(C(F)(F)F)c2)[C@@H]2CC[C@@H](c3cc(C(F)(F)F)ccc3Cl)N12. The Hall–Kier alpha value is -2.29. The van der Waals surface area contributed by atoms with Crippen LogP contribution in [-0.2, 0) is 17.1 Å². The molecule has 31 heavy (non-hydrogen) atoms. The van der Waals surface area contributed by atoms with Gasteiger partial charge in [0, 0.05) is 23.4 Å². The van der Waals surface area contributed by atoms with Gasteiger partial charge < -0.3 is 4.90 Å². The van der Waals surface area contributed by atoms with Gasteiger partial charge in [-0.2, -0.15) is 26.3 Å². The second kappa shape index (κ2) is 7.39. The first-order valence-corrected chi connectivity index (χ1v) is 9.79. The first-order chi connectivity index (χ1) is 14.4. The van der Waals surface area contributed by atoms with Gasteiger partial charge in [-0.1, -0.05) is 11.6 Å². The van der Waals surface area contributed by atoms with E-state index in [1.807, 2.05) is 0 Å². The number of nitrogens with zero attached hydrogens (tertiary/aromatic N) is 1. The summed E-state index contributed by atoms with van der Waals surface area (Å²) in [7, 11) is 0. The molecular weight excluding hydrogens is 451 g/mol. The number of hydrogen-bond acceptors (Lipinski definition) is 1. The molecule has 3 atom stereocenters.